The first-order valence-electron chi connectivity index (χ1n) is 24.0. The molecule has 0 heterocycles. The second-order valence-electron chi connectivity index (χ2n) is 19.3. The Bertz CT molecular complexity index is 3010. The van der Waals surface area contributed by atoms with Crippen molar-refractivity contribution in [2.75, 3.05) is 9.80 Å². The third kappa shape index (κ3) is 7.81. The maximum absolute atomic E-state index is 2.47. The lowest BCUT2D eigenvalue weighted by molar-refractivity contribution is -0.00518. The average molecular weight is 851 g/mol. The van der Waals surface area contributed by atoms with Crippen LogP contribution in [0.2, 0.25) is 0 Å². The Morgan fingerprint density at radius 2 is 0.545 bits per heavy atom. The van der Waals surface area contributed by atoms with Crippen LogP contribution in [0.25, 0.3) is 44.5 Å². The zero-order valence-corrected chi connectivity index (χ0v) is 37.4. The zero-order chi connectivity index (χ0) is 43.9. The average Bonchev–Trinajstić information content (AvgIpc) is 3.38. The van der Waals surface area contributed by atoms with Crippen LogP contribution in [-0.2, 0) is 5.41 Å². The van der Waals surface area contributed by atoms with Gasteiger partial charge < -0.3 is 9.80 Å². The summed E-state index contributed by atoms with van der Waals surface area (Å²) < 4.78 is 0. The first-order chi connectivity index (χ1) is 32.6. The lowest BCUT2D eigenvalue weighted by atomic mass is 9.48. The molecule has 0 amide bonds. The molecule has 0 unspecified atom stereocenters. The predicted molar refractivity (Wildman–Crippen MR) is 277 cm³/mol. The zero-order valence-electron chi connectivity index (χ0n) is 37.4. The van der Waals surface area contributed by atoms with Crippen LogP contribution < -0.4 is 9.80 Å². The van der Waals surface area contributed by atoms with Crippen LogP contribution in [0, 0.1) is 17.8 Å². The predicted octanol–water partition coefficient (Wildman–Crippen LogP) is 17.8. The summed E-state index contributed by atoms with van der Waals surface area (Å²) in [6, 6.07) is 86.7. The Labute approximate surface area is 390 Å². The van der Waals surface area contributed by atoms with Crippen LogP contribution in [-0.4, -0.2) is 0 Å². The molecule has 2 heteroatoms. The largest absolute Gasteiger partial charge is 0.311 e. The molecular weight excluding hydrogens is 797 g/mol. The first-order valence-corrected chi connectivity index (χ1v) is 24.0. The maximum atomic E-state index is 2.47. The highest BCUT2D eigenvalue weighted by Gasteiger charge is 2.51. The molecule has 0 spiro atoms. The molecule has 4 aliphatic carbocycles. The standard InChI is InChI=1S/C64H54N2/c1-4-11-49(12-5-1)52-19-29-58(30-20-52)65(62-37-27-57(28-38-62)64-43-46-39-47(44-64)41-48(40-46)45-64)59-31-23-54(24-32-59)55-25-35-61(36-26-55)66(60-33-21-53(22-34-60)50-13-6-2-7-14-50)63-18-10-17-56(42-63)51-15-8-3-9-16-51/h1-38,42,46-48H,39-41,43-45H2. The van der Waals surface area contributed by atoms with E-state index in [1.165, 1.54) is 88.7 Å². The van der Waals surface area contributed by atoms with Crippen LogP contribution >= 0.6 is 0 Å². The van der Waals surface area contributed by atoms with Gasteiger partial charge >= 0.3 is 0 Å². The minimum atomic E-state index is 0.378. The molecule has 2 nitrogen and oxygen atoms in total. The monoisotopic (exact) mass is 850 g/mol. The van der Waals surface area contributed by atoms with Gasteiger partial charge in [-0.05, 0) is 185 Å². The highest BCUT2D eigenvalue weighted by atomic mass is 15.1. The smallest absolute Gasteiger partial charge is 0.0467 e. The van der Waals surface area contributed by atoms with E-state index in [2.05, 4.69) is 246 Å². The number of rotatable bonds is 11. The van der Waals surface area contributed by atoms with E-state index in [1.54, 1.807) is 5.56 Å². The van der Waals surface area contributed by atoms with Crippen molar-refractivity contribution >= 4 is 34.1 Å². The fourth-order valence-corrected chi connectivity index (χ4v) is 12.3. The molecule has 9 aromatic carbocycles. The van der Waals surface area contributed by atoms with Crippen molar-refractivity contribution in [2.24, 2.45) is 17.8 Å². The number of nitrogens with zero attached hydrogens (tertiary/aromatic N) is 2. The maximum Gasteiger partial charge on any atom is 0.0467 e. The molecule has 320 valence electrons. The summed E-state index contributed by atoms with van der Waals surface area (Å²) in [6.07, 6.45) is 8.55. The lowest BCUT2D eigenvalue weighted by Gasteiger charge is -2.57. The molecule has 4 fully saturated rings. The minimum Gasteiger partial charge on any atom is -0.311 e. The van der Waals surface area contributed by atoms with Gasteiger partial charge in [0.25, 0.3) is 0 Å². The highest BCUT2D eigenvalue weighted by molar-refractivity contribution is 5.84. The summed E-state index contributed by atoms with van der Waals surface area (Å²) in [7, 11) is 0. The Hall–Kier alpha value is -7.42. The summed E-state index contributed by atoms with van der Waals surface area (Å²) in [4.78, 5) is 4.79. The van der Waals surface area contributed by atoms with E-state index in [0.29, 0.717) is 5.41 Å². The fourth-order valence-electron chi connectivity index (χ4n) is 12.3. The fraction of sp³-hybridized carbons (Fsp3) is 0.156. The van der Waals surface area contributed by atoms with Gasteiger partial charge in [-0.25, -0.2) is 0 Å². The normalized spacial score (nSPS) is 19.4. The number of benzene rings is 9. The highest BCUT2D eigenvalue weighted by Crippen LogP contribution is 2.61. The van der Waals surface area contributed by atoms with Gasteiger partial charge in [0.2, 0.25) is 0 Å². The Balaban J connectivity index is 0.861. The third-order valence-electron chi connectivity index (χ3n) is 15.0. The van der Waals surface area contributed by atoms with E-state index in [-0.39, 0.29) is 0 Å². The van der Waals surface area contributed by atoms with Crippen LogP contribution in [0.4, 0.5) is 34.1 Å². The van der Waals surface area contributed by atoms with Crippen molar-refractivity contribution in [1.82, 2.24) is 0 Å². The molecule has 0 radical (unpaired) electrons. The Kier molecular flexibility index (Phi) is 10.4. The molecule has 4 saturated carbocycles. The molecule has 9 aromatic rings. The van der Waals surface area contributed by atoms with Crippen molar-refractivity contribution in [3.8, 4) is 44.5 Å². The van der Waals surface area contributed by atoms with Crippen molar-refractivity contribution in [3.63, 3.8) is 0 Å². The lowest BCUT2D eigenvalue weighted by Crippen LogP contribution is -2.48. The second kappa shape index (κ2) is 17.2. The molecule has 0 N–H and O–H groups in total. The molecular formula is C64H54N2. The van der Waals surface area contributed by atoms with Crippen LogP contribution in [0.15, 0.2) is 237 Å². The molecule has 0 atom stereocenters. The molecule has 13 rings (SSSR count). The van der Waals surface area contributed by atoms with Gasteiger partial charge in [-0.2, -0.15) is 0 Å². The number of hydrogen-bond acceptors (Lipinski definition) is 2. The minimum absolute atomic E-state index is 0.378. The second-order valence-corrected chi connectivity index (χ2v) is 19.3. The summed E-state index contributed by atoms with van der Waals surface area (Å²) in [5.74, 6) is 2.79. The van der Waals surface area contributed by atoms with Crippen molar-refractivity contribution in [1.29, 1.82) is 0 Å². The van der Waals surface area contributed by atoms with Gasteiger partial charge in [0.05, 0.1) is 0 Å². The Morgan fingerprint density at radius 3 is 0.909 bits per heavy atom. The van der Waals surface area contributed by atoms with E-state index in [1.807, 2.05) is 0 Å². The van der Waals surface area contributed by atoms with E-state index in [9.17, 15) is 0 Å². The summed E-state index contributed by atoms with van der Waals surface area (Å²) >= 11 is 0. The van der Waals surface area contributed by atoms with Crippen LogP contribution in [0.3, 0.4) is 0 Å². The van der Waals surface area contributed by atoms with Crippen LogP contribution in [0.1, 0.15) is 44.1 Å². The van der Waals surface area contributed by atoms with Gasteiger partial charge in [0.1, 0.15) is 0 Å². The van der Waals surface area contributed by atoms with E-state index < -0.39 is 0 Å². The molecule has 0 aliphatic heterocycles. The van der Waals surface area contributed by atoms with E-state index in [0.717, 1.165) is 46.2 Å². The molecule has 4 aliphatic rings. The van der Waals surface area contributed by atoms with Gasteiger partial charge in [0.15, 0.2) is 0 Å². The third-order valence-corrected chi connectivity index (χ3v) is 15.0. The first kappa shape index (κ1) is 40.1. The summed E-state index contributed by atoms with van der Waals surface area (Å²) in [6.45, 7) is 0. The Morgan fingerprint density at radius 1 is 0.258 bits per heavy atom. The van der Waals surface area contributed by atoms with Gasteiger partial charge in [-0.3, -0.25) is 0 Å². The summed E-state index contributed by atoms with van der Waals surface area (Å²) in [5, 5.41) is 0. The molecule has 66 heavy (non-hydrogen) atoms. The van der Waals surface area contributed by atoms with Crippen molar-refractivity contribution in [3.05, 3.63) is 242 Å². The van der Waals surface area contributed by atoms with Crippen molar-refractivity contribution < 1.29 is 0 Å². The van der Waals surface area contributed by atoms with Gasteiger partial charge in [0, 0.05) is 34.1 Å². The van der Waals surface area contributed by atoms with Gasteiger partial charge in [-0.15, -0.1) is 0 Å². The quantitative estimate of drug-likeness (QED) is 0.128. The topological polar surface area (TPSA) is 6.48 Å². The SMILES string of the molecule is c1ccc(-c2ccc(N(c3ccc(-c4ccc(N(c5ccc(-c6ccccc6)cc5)c5cccc(-c6ccccc6)c5)cc4)cc3)c3ccc(C45CC6CC(CC(C6)C4)C5)cc3)cc2)cc1. The van der Waals surface area contributed by atoms with E-state index >= 15 is 0 Å². The number of anilines is 6. The molecule has 0 aromatic heterocycles. The van der Waals surface area contributed by atoms with Crippen LogP contribution in [0.5, 0.6) is 0 Å². The molecule has 4 bridgehead atoms. The van der Waals surface area contributed by atoms with Gasteiger partial charge in [-0.1, -0.05) is 164 Å². The molecule has 0 saturated heterocycles. The van der Waals surface area contributed by atoms with Crippen molar-refractivity contribution in [2.45, 2.75) is 43.9 Å². The number of hydrogen-bond donors (Lipinski definition) is 0. The van der Waals surface area contributed by atoms with E-state index in [4.69, 9.17) is 0 Å². The summed E-state index contributed by atoms with van der Waals surface area (Å²) in [5.41, 5.74) is 18.4.